The zero-order chi connectivity index (χ0) is 21.7. The lowest BCUT2D eigenvalue weighted by molar-refractivity contribution is 0.0695. The molecule has 2 fully saturated rings. The van der Waals surface area contributed by atoms with Crippen molar-refractivity contribution >= 4 is 28.2 Å². The number of carboxylic acid groups (broad SMARTS) is 1. The van der Waals surface area contributed by atoms with E-state index >= 15 is 4.39 Å². The third kappa shape index (κ3) is 3.08. The van der Waals surface area contributed by atoms with Gasteiger partial charge in [-0.3, -0.25) is 4.79 Å². The first-order valence-corrected chi connectivity index (χ1v) is 10.2. The van der Waals surface area contributed by atoms with Crippen LogP contribution in [0.1, 0.15) is 42.6 Å². The molecule has 2 aliphatic rings. The van der Waals surface area contributed by atoms with Gasteiger partial charge in [-0.25, -0.2) is 9.18 Å². The van der Waals surface area contributed by atoms with Gasteiger partial charge in [0.05, 0.1) is 23.7 Å². The van der Waals surface area contributed by atoms with E-state index in [-0.39, 0.29) is 34.6 Å². The topological polar surface area (TPSA) is 110 Å². The number of carbonyl (C=O) groups is 1. The van der Waals surface area contributed by atoms with Crippen molar-refractivity contribution in [2.45, 2.75) is 38.3 Å². The zero-order valence-electron chi connectivity index (χ0n) is 17.4. The fourth-order valence-electron chi connectivity index (χ4n) is 4.47. The third-order valence-corrected chi connectivity index (χ3v) is 6.46. The number of carboxylic acids is 1. The molecule has 4 rings (SSSR count). The maximum absolute atomic E-state index is 15.5. The monoisotopic (exact) mass is 418 g/mol. The second-order valence-electron chi connectivity index (χ2n) is 8.22. The van der Waals surface area contributed by atoms with Crippen LogP contribution in [-0.2, 0) is 0 Å². The molecule has 2 heterocycles. The molecule has 1 aromatic heterocycles. The standard InChI is InChI=1S/C21H27FN4O4/c1-10(24-2)11-6-7-25(8-11)18-15(22)16(23)14-17(20(18)30-3)26(12-4-5-12)9-13(19(14)27)21(28)29/h9-12,24H,4-8,23H2,1-3H3,(H,28,29). The predicted octanol–water partition coefficient (Wildman–Crippen LogP) is 2.20. The average Bonchev–Trinajstić information content (AvgIpc) is 3.45. The van der Waals surface area contributed by atoms with Gasteiger partial charge in [0.2, 0.25) is 5.43 Å². The molecule has 0 bridgehead atoms. The van der Waals surface area contributed by atoms with Crippen LogP contribution in [0.15, 0.2) is 11.0 Å². The Hall–Kier alpha value is -2.81. The van der Waals surface area contributed by atoms with Crippen molar-refractivity contribution in [1.29, 1.82) is 0 Å². The Morgan fingerprint density at radius 3 is 2.67 bits per heavy atom. The first-order valence-electron chi connectivity index (χ1n) is 10.2. The first-order chi connectivity index (χ1) is 14.3. The van der Waals surface area contributed by atoms with Crippen LogP contribution in [0.3, 0.4) is 0 Å². The molecule has 2 unspecified atom stereocenters. The Labute approximate surface area is 173 Å². The minimum absolute atomic E-state index is 0.0356. The first kappa shape index (κ1) is 20.5. The van der Waals surface area contributed by atoms with E-state index in [1.807, 2.05) is 11.9 Å². The van der Waals surface area contributed by atoms with Gasteiger partial charge < -0.3 is 30.4 Å². The molecule has 30 heavy (non-hydrogen) atoms. The highest BCUT2D eigenvalue weighted by Crippen LogP contribution is 2.47. The molecule has 9 heteroatoms. The second-order valence-corrected chi connectivity index (χ2v) is 8.22. The van der Waals surface area contributed by atoms with Gasteiger partial charge >= 0.3 is 5.97 Å². The minimum atomic E-state index is -1.36. The van der Waals surface area contributed by atoms with Crippen molar-refractivity contribution in [1.82, 2.24) is 9.88 Å². The maximum atomic E-state index is 15.5. The van der Waals surface area contributed by atoms with Crippen LogP contribution in [0.25, 0.3) is 10.9 Å². The fourth-order valence-corrected chi connectivity index (χ4v) is 4.47. The molecule has 4 N–H and O–H groups in total. The summed E-state index contributed by atoms with van der Waals surface area (Å²) in [7, 11) is 3.33. The predicted molar refractivity (Wildman–Crippen MR) is 113 cm³/mol. The van der Waals surface area contributed by atoms with Crippen molar-refractivity contribution < 1.29 is 19.0 Å². The number of pyridine rings is 1. The van der Waals surface area contributed by atoms with Crippen molar-refractivity contribution in [2.75, 3.05) is 37.9 Å². The Kier molecular flexibility index (Phi) is 5.09. The number of halogens is 1. The quantitative estimate of drug-likeness (QED) is 0.617. The summed E-state index contributed by atoms with van der Waals surface area (Å²) >= 11 is 0. The van der Waals surface area contributed by atoms with Crippen LogP contribution in [0.4, 0.5) is 15.8 Å². The van der Waals surface area contributed by atoms with E-state index in [1.54, 1.807) is 4.57 Å². The van der Waals surface area contributed by atoms with E-state index in [1.165, 1.54) is 13.3 Å². The van der Waals surface area contributed by atoms with Crippen molar-refractivity contribution in [2.24, 2.45) is 5.92 Å². The highest BCUT2D eigenvalue weighted by atomic mass is 19.1. The number of hydrogen-bond acceptors (Lipinski definition) is 6. The summed E-state index contributed by atoms with van der Waals surface area (Å²) in [5.74, 6) is -1.53. The van der Waals surface area contributed by atoms with Crippen LogP contribution in [-0.4, -0.2) is 48.9 Å². The number of fused-ring (bicyclic) bond motifs is 1. The van der Waals surface area contributed by atoms with E-state index < -0.39 is 22.8 Å². The molecular formula is C21H27FN4O4. The lowest BCUT2D eigenvalue weighted by Crippen LogP contribution is -2.33. The Morgan fingerprint density at radius 1 is 1.40 bits per heavy atom. The van der Waals surface area contributed by atoms with Gasteiger partial charge in [0.15, 0.2) is 11.6 Å². The van der Waals surface area contributed by atoms with Crippen LogP contribution in [0.2, 0.25) is 0 Å². The Morgan fingerprint density at radius 2 is 2.10 bits per heavy atom. The number of ether oxygens (including phenoxy) is 1. The summed E-state index contributed by atoms with van der Waals surface area (Å²) in [6, 6.07) is 0.304. The van der Waals surface area contributed by atoms with Gasteiger partial charge in [-0.05, 0) is 39.2 Å². The van der Waals surface area contributed by atoms with Gasteiger partial charge in [0.1, 0.15) is 11.3 Å². The molecule has 162 valence electrons. The highest BCUT2D eigenvalue weighted by Gasteiger charge is 2.35. The number of anilines is 2. The molecule has 2 aromatic rings. The van der Waals surface area contributed by atoms with E-state index in [2.05, 4.69) is 12.2 Å². The van der Waals surface area contributed by atoms with Crippen molar-refractivity contribution in [3.8, 4) is 5.75 Å². The number of nitrogens with zero attached hydrogens (tertiary/aromatic N) is 2. The second kappa shape index (κ2) is 7.46. The van der Waals surface area contributed by atoms with Crippen LogP contribution < -0.4 is 26.1 Å². The Bertz CT molecular complexity index is 1080. The molecule has 1 aromatic carbocycles. The van der Waals surface area contributed by atoms with Gasteiger partial charge in [0.25, 0.3) is 0 Å². The number of nitrogen functional groups attached to an aromatic ring is 1. The summed E-state index contributed by atoms with van der Waals surface area (Å²) in [4.78, 5) is 26.4. The molecule has 8 nitrogen and oxygen atoms in total. The molecule has 2 atom stereocenters. The van der Waals surface area contributed by atoms with Crippen LogP contribution >= 0.6 is 0 Å². The molecule has 1 saturated heterocycles. The molecule has 1 saturated carbocycles. The number of methoxy groups -OCH3 is 1. The van der Waals surface area contributed by atoms with Gasteiger partial charge in [0, 0.05) is 31.4 Å². The van der Waals surface area contributed by atoms with Crippen LogP contribution in [0, 0.1) is 11.7 Å². The highest BCUT2D eigenvalue weighted by molar-refractivity contribution is 6.03. The number of nitrogens with one attached hydrogen (secondary N) is 1. The van der Waals surface area contributed by atoms with E-state index in [0.29, 0.717) is 24.5 Å². The third-order valence-electron chi connectivity index (χ3n) is 6.46. The molecule has 0 radical (unpaired) electrons. The largest absolute Gasteiger partial charge is 0.492 e. The minimum Gasteiger partial charge on any atom is -0.492 e. The summed E-state index contributed by atoms with van der Waals surface area (Å²) in [6.07, 6.45) is 3.91. The summed E-state index contributed by atoms with van der Waals surface area (Å²) < 4.78 is 22.9. The lowest BCUT2D eigenvalue weighted by atomic mass is 10.0. The summed E-state index contributed by atoms with van der Waals surface area (Å²) in [5.41, 5.74) is 5.19. The summed E-state index contributed by atoms with van der Waals surface area (Å²) in [6.45, 7) is 3.35. The van der Waals surface area contributed by atoms with E-state index in [0.717, 1.165) is 19.3 Å². The zero-order valence-corrected chi connectivity index (χ0v) is 17.4. The van der Waals surface area contributed by atoms with Crippen molar-refractivity contribution in [3.63, 3.8) is 0 Å². The number of nitrogens with two attached hydrogens (primary N) is 1. The maximum Gasteiger partial charge on any atom is 0.341 e. The molecule has 0 spiro atoms. The van der Waals surface area contributed by atoms with Gasteiger partial charge in [-0.15, -0.1) is 0 Å². The Balaban J connectivity index is 1.99. The number of aromatic carboxylic acids is 1. The van der Waals surface area contributed by atoms with Gasteiger partial charge in [-0.2, -0.15) is 0 Å². The molecular weight excluding hydrogens is 391 g/mol. The van der Waals surface area contributed by atoms with E-state index in [9.17, 15) is 14.7 Å². The van der Waals surface area contributed by atoms with E-state index in [4.69, 9.17) is 10.5 Å². The fraction of sp³-hybridized carbons (Fsp3) is 0.524. The number of hydrogen-bond donors (Lipinski definition) is 3. The SMILES string of the molecule is CNC(C)C1CCN(c2c(F)c(N)c3c(=O)c(C(=O)O)cn(C4CC4)c3c2OC)C1. The molecule has 1 aliphatic heterocycles. The number of benzene rings is 1. The number of rotatable bonds is 6. The van der Waals surface area contributed by atoms with Crippen LogP contribution in [0.5, 0.6) is 5.75 Å². The summed E-state index contributed by atoms with van der Waals surface area (Å²) in [5, 5.41) is 12.6. The average molecular weight is 418 g/mol. The lowest BCUT2D eigenvalue weighted by Gasteiger charge is -2.26. The van der Waals surface area contributed by atoms with Crippen molar-refractivity contribution in [3.05, 3.63) is 27.8 Å². The normalized spacial score (nSPS) is 20.0. The smallest absolute Gasteiger partial charge is 0.341 e. The molecule has 1 aliphatic carbocycles. The van der Waals surface area contributed by atoms with Gasteiger partial charge in [-0.1, -0.05) is 0 Å². The molecule has 0 amide bonds. The number of aromatic nitrogens is 1.